The normalized spacial score (nSPS) is 23.7. The van der Waals surface area contributed by atoms with E-state index in [4.69, 9.17) is 13.3 Å². The number of carbonyl (C=O) groups is 3. The molecule has 3 N–H and O–H groups in total. The molecule has 2 fully saturated rings. The van der Waals surface area contributed by atoms with Crippen molar-refractivity contribution < 1.29 is 35.1 Å². The summed E-state index contributed by atoms with van der Waals surface area (Å²) in [4.78, 5) is 34.6. The van der Waals surface area contributed by atoms with Crippen molar-refractivity contribution >= 4 is 32.0 Å². The third-order valence-electron chi connectivity index (χ3n) is 3.18. The molecular weight excluding hydrogens is 335 g/mol. The molecule has 0 aromatic rings. The zero-order valence-corrected chi connectivity index (χ0v) is 12.2. The average molecular weight is 348 g/mol. The van der Waals surface area contributed by atoms with E-state index in [1.165, 1.54) is 0 Å². The summed E-state index contributed by atoms with van der Waals surface area (Å²) in [6.07, 6.45) is 0.447. The molecule has 0 atom stereocenters. The number of carbonyl (C=O) groups excluding carboxylic acids is 2. The zero-order chi connectivity index (χ0) is 15.1. The second-order valence-electron chi connectivity index (χ2n) is 4.89. The third-order valence-corrected chi connectivity index (χ3v) is 4.09. The van der Waals surface area contributed by atoms with Crippen LogP contribution in [0, 0.1) is 11.8 Å². The van der Waals surface area contributed by atoms with E-state index < -0.39 is 38.0 Å². The van der Waals surface area contributed by atoms with Crippen molar-refractivity contribution in [2.45, 2.75) is 25.7 Å². The molecule has 0 aromatic carbocycles. The van der Waals surface area contributed by atoms with E-state index in [1.807, 2.05) is 0 Å². The first kappa shape index (κ1) is 15.0. The van der Waals surface area contributed by atoms with Crippen LogP contribution in [-0.4, -0.2) is 45.3 Å². The molecule has 9 heteroatoms. The molecule has 0 amide bonds. The third kappa shape index (κ3) is 3.39. The molecule has 20 heavy (non-hydrogen) atoms. The number of carboxylic acid groups (broad SMARTS) is 1. The molecule has 0 heterocycles. The molecular formula is C11H13AsO8. The Bertz CT molecular complexity index is 533. The van der Waals surface area contributed by atoms with E-state index in [0.29, 0.717) is 12.8 Å². The first-order valence-electron chi connectivity index (χ1n) is 5.97. The Morgan fingerprint density at radius 2 is 1.60 bits per heavy atom. The van der Waals surface area contributed by atoms with Crippen LogP contribution in [0.2, 0.25) is 0 Å². The summed E-state index contributed by atoms with van der Waals surface area (Å²) in [5.41, 5.74) is -0.366. The van der Waals surface area contributed by atoms with E-state index in [1.54, 1.807) is 0 Å². The Kier molecular flexibility index (Phi) is 3.90. The molecule has 2 rings (SSSR count). The summed E-state index contributed by atoms with van der Waals surface area (Å²) < 4.78 is 33.4. The van der Waals surface area contributed by atoms with Crippen LogP contribution < -0.4 is 0 Å². The molecule has 0 aliphatic heterocycles. The second-order valence-corrected chi connectivity index (χ2v) is 7.33. The van der Waals surface area contributed by atoms with Gasteiger partial charge in [-0.1, -0.05) is 0 Å². The van der Waals surface area contributed by atoms with Gasteiger partial charge in [0.2, 0.25) is 0 Å². The van der Waals surface area contributed by atoms with Crippen LogP contribution in [-0.2, 0) is 21.8 Å². The van der Waals surface area contributed by atoms with Gasteiger partial charge in [-0.2, -0.15) is 0 Å². The molecule has 110 valence electrons. The van der Waals surface area contributed by atoms with Crippen LogP contribution in [0.15, 0.2) is 11.3 Å². The standard InChI is InChI=1S/C11H13AsO8/c13-7-3-6(11(15)16)4-8(14)9(7)10(5-1-2-5)20-12(17,18)19/h5-6H,1-4H2,(H,15,16)(H2,17,18,19). The number of carboxylic acids is 1. The van der Waals surface area contributed by atoms with Crippen LogP contribution in [0.5, 0.6) is 0 Å². The molecule has 2 aliphatic carbocycles. The molecule has 0 saturated heterocycles. The molecule has 0 unspecified atom stereocenters. The van der Waals surface area contributed by atoms with E-state index in [9.17, 15) is 18.1 Å². The van der Waals surface area contributed by atoms with Gasteiger partial charge in [-0.15, -0.1) is 0 Å². The van der Waals surface area contributed by atoms with Gasteiger partial charge < -0.3 is 0 Å². The number of rotatable bonds is 4. The Morgan fingerprint density at radius 3 is 1.95 bits per heavy atom. The van der Waals surface area contributed by atoms with Gasteiger partial charge in [0.25, 0.3) is 0 Å². The predicted molar refractivity (Wildman–Crippen MR) is 62.1 cm³/mol. The Labute approximate surface area is 116 Å². The Hall–Kier alpha value is -1.37. The van der Waals surface area contributed by atoms with Crippen molar-refractivity contribution in [1.29, 1.82) is 0 Å². The summed E-state index contributed by atoms with van der Waals surface area (Å²) >= 11 is -5.49. The fourth-order valence-electron chi connectivity index (χ4n) is 2.13. The van der Waals surface area contributed by atoms with Crippen molar-refractivity contribution in [1.82, 2.24) is 0 Å². The maximum atomic E-state index is 11.9. The monoisotopic (exact) mass is 348 g/mol. The maximum absolute atomic E-state index is 11.9. The minimum absolute atomic E-state index is 0.253. The molecule has 2 aliphatic rings. The molecule has 0 aromatic heterocycles. The summed E-state index contributed by atoms with van der Waals surface area (Å²) in [6, 6.07) is 0. The van der Waals surface area contributed by atoms with Gasteiger partial charge >= 0.3 is 116 Å². The summed E-state index contributed by atoms with van der Waals surface area (Å²) in [7, 11) is 0. The van der Waals surface area contributed by atoms with E-state index in [-0.39, 0.29) is 30.1 Å². The summed E-state index contributed by atoms with van der Waals surface area (Å²) in [5, 5.41) is 8.83. The number of ketones is 2. The van der Waals surface area contributed by atoms with Crippen LogP contribution in [0.3, 0.4) is 0 Å². The summed E-state index contributed by atoms with van der Waals surface area (Å²) in [6.45, 7) is 0. The summed E-state index contributed by atoms with van der Waals surface area (Å²) in [5.74, 6) is -4.36. The first-order chi connectivity index (χ1) is 9.19. The van der Waals surface area contributed by atoms with Crippen molar-refractivity contribution in [2.24, 2.45) is 11.8 Å². The molecule has 0 bridgehead atoms. The van der Waals surface area contributed by atoms with E-state index in [0.717, 1.165) is 0 Å². The topological polar surface area (TPSA) is 138 Å². The SMILES string of the molecule is O=C1CC(C(=O)O)CC(=O)C1=C(O[As](=O)(O)O)C1CC1. The zero-order valence-electron chi connectivity index (χ0n) is 10.3. The van der Waals surface area contributed by atoms with Crippen molar-refractivity contribution in [2.75, 3.05) is 0 Å². The van der Waals surface area contributed by atoms with Crippen molar-refractivity contribution in [3.8, 4) is 0 Å². The van der Waals surface area contributed by atoms with Gasteiger partial charge in [0, 0.05) is 0 Å². The average Bonchev–Trinajstić information content (AvgIpc) is 3.08. The number of allylic oxidation sites excluding steroid dienone is 2. The fraction of sp³-hybridized carbons (Fsp3) is 0.545. The number of hydrogen-bond acceptors (Lipinski definition) is 5. The second kappa shape index (κ2) is 5.20. The molecule has 0 spiro atoms. The molecule has 8 nitrogen and oxygen atoms in total. The molecule has 2 saturated carbocycles. The van der Waals surface area contributed by atoms with Crippen LogP contribution in [0.1, 0.15) is 25.7 Å². The quantitative estimate of drug-likeness (QED) is 0.258. The number of aliphatic carboxylic acids is 1. The van der Waals surface area contributed by atoms with Gasteiger partial charge in [-0.25, -0.2) is 0 Å². The molecule has 0 radical (unpaired) electrons. The number of hydrogen-bond donors (Lipinski definition) is 3. The van der Waals surface area contributed by atoms with Crippen LogP contribution >= 0.6 is 0 Å². The minimum atomic E-state index is -5.49. The van der Waals surface area contributed by atoms with Crippen molar-refractivity contribution in [3.63, 3.8) is 0 Å². The van der Waals surface area contributed by atoms with Crippen molar-refractivity contribution in [3.05, 3.63) is 11.3 Å². The first-order valence-corrected chi connectivity index (χ1v) is 9.18. The van der Waals surface area contributed by atoms with E-state index in [2.05, 4.69) is 3.73 Å². The van der Waals surface area contributed by atoms with Crippen LogP contribution in [0.4, 0.5) is 0 Å². The predicted octanol–water partition coefficient (Wildman–Crippen LogP) is -0.849. The van der Waals surface area contributed by atoms with Gasteiger partial charge in [0.1, 0.15) is 0 Å². The number of Topliss-reactive ketones (excluding diaryl/α,β-unsaturated/α-hetero) is 2. The van der Waals surface area contributed by atoms with Gasteiger partial charge in [-0.05, 0) is 0 Å². The van der Waals surface area contributed by atoms with E-state index >= 15 is 0 Å². The van der Waals surface area contributed by atoms with Gasteiger partial charge in [-0.3, -0.25) is 0 Å². The van der Waals surface area contributed by atoms with Crippen LogP contribution in [0.25, 0.3) is 0 Å². The van der Waals surface area contributed by atoms with Gasteiger partial charge in [0.15, 0.2) is 0 Å². The van der Waals surface area contributed by atoms with Gasteiger partial charge in [0.05, 0.1) is 0 Å². The Morgan fingerprint density at radius 1 is 1.10 bits per heavy atom. The fourth-order valence-corrected chi connectivity index (χ4v) is 3.17. The Balaban J connectivity index is 2.34.